The van der Waals surface area contributed by atoms with Gasteiger partial charge in [-0.1, -0.05) is 24.3 Å². The summed E-state index contributed by atoms with van der Waals surface area (Å²) in [6, 6.07) is 9.59. The molecule has 116 valence electrons. The van der Waals surface area contributed by atoms with Gasteiger partial charge in [-0.15, -0.1) is 0 Å². The van der Waals surface area contributed by atoms with Gasteiger partial charge in [0.05, 0.1) is 18.7 Å². The number of nitrogens with one attached hydrogen (secondary N) is 2. The van der Waals surface area contributed by atoms with E-state index in [0.29, 0.717) is 26.1 Å². The van der Waals surface area contributed by atoms with Gasteiger partial charge in [0.1, 0.15) is 0 Å². The fraction of sp³-hybridized carbons (Fsp3) is 0.375. The maximum Gasteiger partial charge on any atom is 0.237 e. The van der Waals surface area contributed by atoms with Crippen LogP contribution in [0.5, 0.6) is 0 Å². The fourth-order valence-electron chi connectivity index (χ4n) is 2.68. The van der Waals surface area contributed by atoms with Gasteiger partial charge >= 0.3 is 0 Å². The molecule has 1 aliphatic rings. The molecule has 6 nitrogen and oxygen atoms in total. The van der Waals surface area contributed by atoms with Crippen LogP contribution in [0.1, 0.15) is 17.5 Å². The van der Waals surface area contributed by atoms with Gasteiger partial charge in [0.2, 0.25) is 5.91 Å². The molecule has 3 rings (SSSR count). The van der Waals surface area contributed by atoms with Gasteiger partial charge in [-0.05, 0) is 23.6 Å². The molecule has 1 fully saturated rings. The first kappa shape index (κ1) is 14.7. The summed E-state index contributed by atoms with van der Waals surface area (Å²) in [4.78, 5) is 12.1. The Balaban J connectivity index is 1.61. The number of aromatic nitrogens is 2. The average Bonchev–Trinajstić information content (AvgIpc) is 3.18. The minimum atomic E-state index is -0.428. The molecule has 0 spiro atoms. The maximum atomic E-state index is 12.1. The minimum absolute atomic E-state index is 0.0644. The zero-order valence-electron chi connectivity index (χ0n) is 12.3. The molecule has 3 N–H and O–H groups in total. The molecule has 1 aromatic heterocycles. The maximum absolute atomic E-state index is 12.1. The molecule has 1 saturated heterocycles. The van der Waals surface area contributed by atoms with E-state index in [9.17, 15) is 9.90 Å². The number of rotatable bonds is 5. The molecule has 0 saturated carbocycles. The summed E-state index contributed by atoms with van der Waals surface area (Å²) in [5.74, 6) is -0.0644. The molecule has 0 bridgehead atoms. The molecule has 2 atom stereocenters. The van der Waals surface area contributed by atoms with E-state index in [1.807, 2.05) is 41.2 Å². The number of aliphatic hydroxyl groups is 1. The van der Waals surface area contributed by atoms with Crippen molar-refractivity contribution in [2.75, 3.05) is 6.54 Å². The monoisotopic (exact) mass is 300 g/mol. The number of hydrogen-bond donors (Lipinski definition) is 3. The van der Waals surface area contributed by atoms with E-state index >= 15 is 0 Å². The predicted octanol–water partition coefficient (Wildman–Crippen LogP) is 0.270. The third kappa shape index (κ3) is 3.52. The highest BCUT2D eigenvalue weighted by atomic mass is 16.3. The molecule has 0 aliphatic carbocycles. The fourth-order valence-corrected chi connectivity index (χ4v) is 2.68. The van der Waals surface area contributed by atoms with Crippen molar-refractivity contribution < 1.29 is 9.90 Å². The highest BCUT2D eigenvalue weighted by Gasteiger charge is 2.27. The van der Waals surface area contributed by atoms with Crippen molar-refractivity contribution in [3.63, 3.8) is 0 Å². The molecule has 0 radical (unpaired) electrons. The molecule has 22 heavy (non-hydrogen) atoms. The summed E-state index contributed by atoms with van der Waals surface area (Å²) < 4.78 is 1.86. The standard InChI is InChI=1S/C16H20N4O2/c21-14-8-15(17-10-14)16(22)18-9-12-4-1-2-5-13(12)11-20-7-3-6-19-20/h1-7,14-15,17,21H,8-11H2,(H,18,22)/t14-,15+/m0/s1. The number of nitrogens with zero attached hydrogens (tertiary/aromatic N) is 2. The lowest BCUT2D eigenvalue weighted by atomic mass is 10.1. The molecular weight excluding hydrogens is 280 g/mol. The van der Waals surface area contributed by atoms with Crippen LogP contribution in [0.3, 0.4) is 0 Å². The van der Waals surface area contributed by atoms with Crippen LogP contribution in [0.15, 0.2) is 42.7 Å². The summed E-state index contributed by atoms with van der Waals surface area (Å²) >= 11 is 0. The molecule has 1 aromatic carbocycles. The Bertz CT molecular complexity index is 627. The second-order valence-electron chi connectivity index (χ2n) is 5.54. The number of amides is 1. The first-order chi connectivity index (χ1) is 10.7. The Morgan fingerprint density at radius 2 is 2.18 bits per heavy atom. The second-order valence-corrected chi connectivity index (χ2v) is 5.54. The van der Waals surface area contributed by atoms with E-state index in [1.165, 1.54) is 0 Å². The lowest BCUT2D eigenvalue weighted by Crippen LogP contribution is -2.40. The van der Waals surface area contributed by atoms with Crippen LogP contribution in [0, 0.1) is 0 Å². The topological polar surface area (TPSA) is 79.2 Å². The van der Waals surface area contributed by atoms with Crippen LogP contribution in [-0.2, 0) is 17.9 Å². The summed E-state index contributed by atoms with van der Waals surface area (Å²) in [5, 5.41) is 19.6. The average molecular weight is 300 g/mol. The summed E-state index contributed by atoms with van der Waals surface area (Å²) in [5.41, 5.74) is 2.20. The molecule has 0 unspecified atom stereocenters. The Kier molecular flexibility index (Phi) is 4.50. The predicted molar refractivity (Wildman–Crippen MR) is 82.0 cm³/mol. The van der Waals surface area contributed by atoms with Gasteiger partial charge in [-0.25, -0.2) is 0 Å². The highest BCUT2D eigenvalue weighted by molar-refractivity contribution is 5.82. The van der Waals surface area contributed by atoms with Crippen LogP contribution in [0.25, 0.3) is 0 Å². The van der Waals surface area contributed by atoms with Gasteiger partial charge in [-0.2, -0.15) is 5.10 Å². The van der Waals surface area contributed by atoms with Crippen molar-refractivity contribution in [2.24, 2.45) is 0 Å². The van der Waals surface area contributed by atoms with E-state index in [1.54, 1.807) is 6.20 Å². The van der Waals surface area contributed by atoms with Gasteiger partial charge in [0, 0.05) is 25.5 Å². The second kappa shape index (κ2) is 6.72. The Hall–Kier alpha value is -2.18. The number of benzene rings is 1. The van der Waals surface area contributed by atoms with Crippen molar-refractivity contribution in [1.82, 2.24) is 20.4 Å². The molecular formula is C16H20N4O2. The lowest BCUT2D eigenvalue weighted by molar-refractivity contribution is -0.123. The number of carbonyl (C=O) groups excluding carboxylic acids is 1. The van der Waals surface area contributed by atoms with E-state index in [2.05, 4.69) is 15.7 Å². The normalized spacial score (nSPS) is 21.0. The molecule has 1 amide bonds. The summed E-state index contributed by atoms with van der Waals surface area (Å²) in [6.45, 7) is 1.64. The number of hydrogen-bond acceptors (Lipinski definition) is 4. The van der Waals surface area contributed by atoms with Crippen molar-refractivity contribution >= 4 is 5.91 Å². The van der Waals surface area contributed by atoms with E-state index < -0.39 is 6.10 Å². The van der Waals surface area contributed by atoms with Crippen LogP contribution in [-0.4, -0.2) is 39.5 Å². The van der Waals surface area contributed by atoms with Crippen LogP contribution in [0.4, 0.5) is 0 Å². The Labute approximate surface area is 129 Å². The smallest absolute Gasteiger partial charge is 0.237 e. The zero-order chi connectivity index (χ0) is 15.4. The van der Waals surface area contributed by atoms with Gasteiger partial charge < -0.3 is 15.7 Å². The minimum Gasteiger partial charge on any atom is -0.392 e. The lowest BCUT2D eigenvalue weighted by Gasteiger charge is -2.13. The molecule has 1 aliphatic heterocycles. The SMILES string of the molecule is O=C(NCc1ccccc1Cn1cccn1)[C@H]1C[C@H](O)CN1. The Morgan fingerprint density at radius 3 is 2.86 bits per heavy atom. The zero-order valence-corrected chi connectivity index (χ0v) is 12.3. The third-order valence-corrected chi connectivity index (χ3v) is 3.89. The first-order valence-electron chi connectivity index (χ1n) is 7.46. The van der Waals surface area contributed by atoms with Crippen LogP contribution >= 0.6 is 0 Å². The first-order valence-corrected chi connectivity index (χ1v) is 7.46. The van der Waals surface area contributed by atoms with Crippen molar-refractivity contribution in [1.29, 1.82) is 0 Å². The number of carbonyl (C=O) groups is 1. The van der Waals surface area contributed by atoms with Gasteiger partial charge in [0.25, 0.3) is 0 Å². The van der Waals surface area contributed by atoms with Gasteiger partial charge in [0.15, 0.2) is 0 Å². The number of aliphatic hydroxyl groups excluding tert-OH is 1. The highest BCUT2D eigenvalue weighted by Crippen LogP contribution is 2.11. The van der Waals surface area contributed by atoms with Crippen LogP contribution in [0.2, 0.25) is 0 Å². The van der Waals surface area contributed by atoms with E-state index in [-0.39, 0.29) is 11.9 Å². The van der Waals surface area contributed by atoms with Gasteiger partial charge in [-0.3, -0.25) is 9.48 Å². The summed E-state index contributed by atoms with van der Waals surface area (Å²) in [6.07, 6.45) is 3.71. The Morgan fingerprint density at radius 1 is 1.36 bits per heavy atom. The van der Waals surface area contributed by atoms with Crippen molar-refractivity contribution in [3.05, 3.63) is 53.9 Å². The van der Waals surface area contributed by atoms with E-state index in [4.69, 9.17) is 0 Å². The number of β-amino-alcohol motifs (C(OH)–C–C–N with tert-alkyl or cyclic N) is 1. The van der Waals surface area contributed by atoms with E-state index in [0.717, 1.165) is 11.1 Å². The van der Waals surface area contributed by atoms with Crippen molar-refractivity contribution in [3.8, 4) is 0 Å². The third-order valence-electron chi connectivity index (χ3n) is 3.89. The summed E-state index contributed by atoms with van der Waals surface area (Å²) in [7, 11) is 0. The molecule has 6 heteroatoms. The van der Waals surface area contributed by atoms with Crippen LogP contribution < -0.4 is 10.6 Å². The largest absolute Gasteiger partial charge is 0.392 e. The van der Waals surface area contributed by atoms with Crippen molar-refractivity contribution in [2.45, 2.75) is 31.7 Å². The molecule has 2 aromatic rings. The quantitative estimate of drug-likeness (QED) is 0.740. The molecule has 2 heterocycles.